The normalized spacial score (nSPS) is 25.2. The Bertz CT molecular complexity index is 1420. The van der Waals surface area contributed by atoms with Gasteiger partial charge in [-0.2, -0.15) is 0 Å². The highest BCUT2D eigenvalue weighted by molar-refractivity contribution is 6.24. The molecule has 1 aromatic rings. The zero-order chi connectivity index (χ0) is 30.1. The van der Waals surface area contributed by atoms with E-state index in [4.69, 9.17) is 5.73 Å². The Balaban J connectivity index is 0.00000308. The van der Waals surface area contributed by atoms with Crippen molar-refractivity contribution in [2.45, 2.75) is 50.8 Å². The van der Waals surface area contributed by atoms with E-state index < -0.39 is 92.2 Å². The van der Waals surface area contributed by atoms with Gasteiger partial charge in [0.05, 0.1) is 23.8 Å². The van der Waals surface area contributed by atoms with Gasteiger partial charge in [0.1, 0.15) is 22.9 Å². The fourth-order valence-electron chi connectivity index (χ4n) is 5.90. The number of carbonyl (C=O) groups is 4. The molecule has 1 fully saturated rings. The number of aliphatic hydroxyl groups is 3. The van der Waals surface area contributed by atoms with E-state index in [1.165, 1.54) is 19.0 Å². The van der Waals surface area contributed by atoms with E-state index in [0.29, 0.717) is 0 Å². The van der Waals surface area contributed by atoms with E-state index >= 15 is 4.39 Å². The van der Waals surface area contributed by atoms with Crippen LogP contribution in [0.5, 0.6) is 5.75 Å². The van der Waals surface area contributed by atoms with Crippen LogP contribution in [0.15, 0.2) is 23.0 Å². The van der Waals surface area contributed by atoms with Crippen LogP contribution in [0, 0.1) is 17.7 Å². The Morgan fingerprint density at radius 1 is 1.17 bits per heavy atom. The largest absolute Gasteiger partial charge is 0.508 e. The van der Waals surface area contributed by atoms with E-state index in [2.05, 4.69) is 10.6 Å². The van der Waals surface area contributed by atoms with Crippen LogP contribution in [0.25, 0.3) is 5.76 Å². The number of rotatable bonds is 5. The fourth-order valence-corrected chi connectivity index (χ4v) is 5.90. The van der Waals surface area contributed by atoms with Gasteiger partial charge in [-0.15, -0.1) is 24.8 Å². The molecule has 0 aliphatic heterocycles. The summed E-state index contributed by atoms with van der Waals surface area (Å²) in [6, 6.07) is -0.335. The van der Waals surface area contributed by atoms with Gasteiger partial charge in [-0.25, -0.2) is 4.39 Å². The predicted molar refractivity (Wildman–Crippen MR) is 155 cm³/mol. The molecule has 1 aromatic carbocycles. The number of halogens is 3. The molecule has 232 valence electrons. The molecule has 0 unspecified atom stereocenters. The Labute approximate surface area is 253 Å². The van der Waals surface area contributed by atoms with E-state index in [9.17, 15) is 39.6 Å². The number of nitrogens with two attached hydrogens (primary N) is 1. The zero-order valence-corrected chi connectivity index (χ0v) is 25.2. The number of carbonyl (C=O) groups excluding carboxylic acids is 4. The molecular formula is C27H35Cl2FN4O8. The van der Waals surface area contributed by atoms with Gasteiger partial charge < -0.3 is 36.8 Å². The summed E-state index contributed by atoms with van der Waals surface area (Å²) >= 11 is 0. The first-order chi connectivity index (χ1) is 18.4. The quantitative estimate of drug-likeness (QED) is 0.183. The maximum absolute atomic E-state index is 15.3. The number of likely N-dealkylation sites (N-methyl/N-ethyl adjacent to an activating group) is 1. The lowest BCUT2D eigenvalue weighted by molar-refractivity contribution is -0.153. The number of aliphatic hydroxyl groups excluding tert-OH is 2. The van der Waals surface area contributed by atoms with Gasteiger partial charge in [0.2, 0.25) is 11.7 Å². The number of hydrogen-bond acceptors (Lipinski definition) is 10. The molecule has 0 aromatic heterocycles. The molecular weight excluding hydrogens is 598 g/mol. The smallest absolute Gasteiger partial charge is 0.255 e. The third-order valence-electron chi connectivity index (χ3n) is 7.72. The number of aromatic hydroxyl groups is 1. The zero-order valence-electron chi connectivity index (χ0n) is 23.6. The number of phenols is 1. The van der Waals surface area contributed by atoms with Gasteiger partial charge in [0, 0.05) is 28.7 Å². The van der Waals surface area contributed by atoms with Crippen LogP contribution in [0.3, 0.4) is 0 Å². The molecule has 0 saturated heterocycles. The van der Waals surface area contributed by atoms with Crippen LogP contribution < -0.4 is 16.4 Å². The lowest BCUT2D eigenvalue weighted by Crippen LogP contribution is -2.65. The highest BCUT2D eigenvalue weighted by atomic mass is 35.5. The topological polar surface area (TPSA) is 203 Å². The summed E-state index contributed by atoms with van der Waals surface area (Å²) in [6.45, 7) is 5.33. The first kappa shape index (κ1) is 35.0. The predicted octanol–water partition coefficient (Wildman–Crippen LogP) is 1.27. The number of phenolic OH excluding ortho intramolecular Hbond substituents is 1. The highest BCUT2D eigenvalue weighted by Crippen LogP contribution is 2.53. The highest BCUT2D eigenvalue weighted by Gasteiger charge is 2.64. The molecule has 0 heterocycles. The van der Waals surface area contributed by atoms with Gasteiger partial charge in [0.25, 0.3) is 5.91 Å². The third kappa shape index (κ3) is 5.47. The maximum atomic E-state index is 15.3. The van der Waals surface area contributed by atoms with Crippen molar-refractivity contribution >= 4 is 59.6 Å². The number of anilines is 1. The summed E-state index contributed by atoms with van der Waals surface area (Å²) in [5, 5.41) is 50.0. The number of fused-ring (bicyclic) bond motifs is 3. The van der Waals surface area contributed by atoms with E-state index in [1.54, 1.807) is 0 Å². The van der Waals surface area contributed by atoms with Gasteiger partial charge in [-0.3, -0.25) is 24.1 Å². The van der Waals surface area contributed by atoms with Crippen LogP contribution in [-0.4, -0.2) is 86.5 Å². The number of primary amides is 1. The minimum Gasteiger partial charge on any atom is -0.508 e. The van der Waals surface area contributed by atoms with Crippen LogP contribution in [0.2, 0.25) is 0 Å². The van der Waals surface area contributed by atoms with E-state index in [-0.39, 0.29) is 55.5 Å². The number of nitrogens with one attached hydrogen (secondary N) is 2. The van der Waals surface area contributed by atoms with Gasteiger partial charge in [0.15, 0.2) is 17.1 Å². The molecule has 0 spiro atoms. The summed E-state index contributed by atoms with van der Waals surface area (Å²) in [5.74, 6) is -9.85. The van der Waals surface area contributed by atoms with Crippen molar-refractivity contribution in [2.75, 3.05) is 26.0 Å². The first-order valence-corrected chi connectivity index (χ1v) is 12.7. The number of amides is 2. The number of benzene rings is 1. The molecule has 8 N–H and O–H groups in total. The van der Waals surface area contributed by atoms with Crippen LogP contribution in [0.1, 0.15) is 38.3 Å². The Hall–Kier alpha value is -3.23. The second kappa shape index (κ2) is 11.8. The third-order valence-corrected chi connectivity index (χ3v) is 7.72. The van der Waals surface area contributed by atoms with Crippen LogP contribution in [0.4, 0.5) is 10.1 Å². The fraction of sp³-hybridized carbons (Fsp3) is 0.481. The van der Waals surface area contributed by atoms with Crippen molar-refractivity contribution in [1.29, 1.82) is 0 Å². The van der Waals surface area contributed by atoms with Crippen molar-refractivity contribution in [3.8, 4) is 5.75 Å². The Morgan fingerprint density at radius 3 is 2.29 bits per heavy atom. The molecule has 4 rings (SSSR count). The SMILES string of the molecule is CN(C)[C@@H]1C(=O)C(C(N)=O)=C(O)[C@@]2(O)C(=O)C3=C(O)c4c(O)c(NC(=O)CNC(C)(C)C)cc(F)c4C[C@H]3C[C@@H]12.Cl.Cl. The minimum absolute atomic E-state index is 0. The molecule has 0 radical (unpaired) electrons. The van der Waals surface area contributed by atoms with Crippen LogP contribution >= 0.6 is 24.8 Å². The van der Waals surface area contributed by atoms with Gasteiger partial charge in [-0.1, -0.05) is 0 Å². The summed E-state index contributed by atoms with van der Waals surface area (Å²) < 4.78 is 15.3. The summed E-state index contributed by atoms with van der Waals surface area (Å²) in [4.78, 5) is 52.8. The Morgan fingerprint density at radius 2 is 1.76 bits per heavy atom. The lowest BCUT2D eigenvalue weighted by Gasteiger charge is -2.50. The Kier molecular flexibility index (Phi) is 9.83. The molecule has 12 nitrogen and oxygen atoms in total. The molecule has 1 saturated carbocycles. The minimum atomic E-state index is -2.80. The van der Waals surface area contributed by atoms with Crippen molar-refractivity contribution < 1.29 is 44.0 Å². The van der Waals surface area contributed by atoms with E-state index in [0.717, 1.165) is 6.07 Å². The molecule has 3 aliphatic rings. The van der Waals surface area contributed by atoms with Crippen molar-refractivity contribution in [3.63, 3.8) is 0 Å². The average Bonchev–Trinajstić information content (AvgIpc) is 2.82. The molecule has 0 bridgehead atoms. The summed E-state index contributed by atoms with van der Waals surface area (Å²) in [6.07, 6.45) is -0.364. The van der Waals surface area contributed by atoms with E-state index in [1.807, 2.05) is 20.8 Å². The van der Waals surface area contributed by atoms with Crippen LogP contribution in [-0.2, 0) is 25.6 Å². The molecule has 4 atom stereocenters. The standard InChI is InChI=1S/C27H33FN4O8.2ClH/c1-26(2,3)30-9-15(33)31-14-8-13(28)11-6-10-7-12-19(32(4)5)22(36)18(25(29)39)24(38)27(12,40)23(37)16(10)21(35)17(11)20(14)34;;/h8,10,12,19,30,34-35,38,40H,6-7,9H2,1-5H3,(H2,29,39)(H,31,33);2*1H/t10-,12-,19-,27-;;/m0../s1. The summed E-state index contributed by atoms with van der Waals surface area (Å²) in [7, 11) is 2.97. The van der Waals surface area contributed by atoms with Crippen molar-refractivity contribution in [3.05, 3.63) is 39.9 Å². The monoisotopic (exact) mass is 632 g/mol. The molecule has 3 aliphatic carbocycles. The first-order valence-electron chi connectivity index (χ1n) is 12.7. The van der Waals surface area contributed by atoms with Crippen molar-refractivity contribution in [2.24, 2.45) is 17.6 Å². The average molecular weight is 634 g/mol. The van der Waals surface area contributed by atoms with Crippen molar-refractivity contribution in [1.82, 2.24) is 10.2 Å². The van der Waals surface area contributed by atoms with Gasteiger partial charge >= 0.3 is 0 Å². The van der Waals surface area contributed by atoms with Gasteiger partial charge in [-0.05, 0) is 53.6 Å². The second-order valence-electron chi connectivity index (χ2n) is 11.7. The second-order valence-corrected chi connectivity index (χ2v) is 11.7. The number of Topliss-reactive ketones (excluding diaryl/α,β-unsaturated/α-hetero) is 2. The maximum Gasteiger partial charge on any atom is 0.255 e. The number of ketones is 2. The molecule has 42 heavy (non-hydrogen) atoms. The lowest BCUT2D eigenvalue weighted by atomic mass is 9.57. The molecule has 15 heteroatoms. The summed E-state index contributed by atoms with van der Waals surface area (Å²) in [5.41, 5.74) is -0.173. The number of hydrogen-bond donors (Lipinski definition) is 7. The number of nitrogens with zero attached hydrogens (tertiary/aromatic N) is 1. The molecule has 2 amide bonds.